The summed E-state index contributed by atoms with van der Waals surface area (Å²) in [6.45, 7) is 0.392. The first-order chi connectivity index (χ1) is 8.29. The number of benzene rings is 1. The molecule has 2 aliphatic heterocycles. The van der Waals surface area contributed by atoms with Crippen LogP contribution in [0.25, 0.3) is 5.57 Å². The minimum atomic E-state index is -0.806. The lowest BCUT2D eigenvalue weighted by atomic mass is 9.94. The maximum absolute atomic E-state index is 12.0. The summed E-state index contributed by atoms with van der Waals surface area (Å²) < 4.78 is 10.5. The van der Waals surface area contributed by atoms with Crippen LogP contribution < -0.4 is 0 Å². The van der Waals surface area contributed by atoms with E-state index in [0.717, 1.165) is 6.29 Å². The summed E-state index contributed by atoms with van der Waals surface area (Å²) >= 11 is 0. The van der Waals surface area contributed by atoms with Crippen LogP contribution in [0.1, 0.15) is 15.9 Å². The molecule has 0 amide bonds. The van der Waals surface area contributed by atoms with Crippen molar-refractivity contribution in [2.45, 2.75) is 12.4 Å². The van der Waals surface area contributed by atoms with Gasteiger partial charge in [-0.05, 0) is 11.6 Å². The monoisotopic (exact) mass is 230 g/mol. The van der Waals surface area contributed by atoms with Gasteiger partial charge in [-0.1, -0.05) is 24.3 Å². The van der Waals surface area contributed by atoms with Crippen molar-refractivity contribution in [3.63, 3.8) is 0 Å². The fourth-order valence-corrected chi connectivity index (χ4v) is 2.11. The molecule has 17 heavy (non-hydrogen) atoms. The van der Waals surface area contributed by atoms with E-state index in [2.05, 4.69) is 0 Å². The summed E-state index contributed by atoms with van der Waals surface area (Å²) in [4.78, 5) is 23.0. The number of fused-ring (bicyclic) bond motifs is 2. The summed E-state index contributed by atoms with van der Waals surface area (Å²) in [5, 5.41) is 0. The van der Waals surface area contributed by atoms with Crippen LogP contribution in [0.2, 0.25) is 0 Å². The maximum Gasteiger partial charge on any atom is 0.223 e. The van der Waals surface area contributed by atoms with Crippen LogP contribution in [0.5, 0.6) is 0 Å². The molecule has 1 aromatic carbocycles. The summed E-state index contributed by atoms with van der Waals surface area (Å²) in [5.74, 6) is -0.215. The van der Waals surface area contributed by atoms with E-state index >= 15 is 0 Å². The molecule has 0 radical (unpaired) electrons. The van der Waals surface area contributed by atoms with Gasteiger partial charge in [-0.3, -0.25) is 9.59 Å². The zero-order valence-corrected chi connectivity index (χ0v) is 8.96. The number of Topliss-reactive ketones (excluding diaryl/α,β-unsaturated/α-hetero) is 1. The maximum atomic E-state index is 12.0. The van der Waals surface area contributed by atoms with Crippen molar-refractivity contribution in [3.8, 4) is 0 Å². The largest absolute Gasteiger partial charge is 0.343 e. The van der Waals surface area contributed by atoms with E-state index in [0.29, 0.717) is 23.3 Å². The number of hydrogen-bond donors (Lipinski definition) is 0. The molecule has 1 fully saturated rings. The van der Waals surface area contributed by atoms with Crippen molar-refractivity contribution in [3.05, 3.63) is 41.5 Å². The van der Waals surface area contributed by atoms with Crippen LogP contribution in [-0.4, -0.2) is 31.1 Å². The van der Waals surface area contributed by atoms with Crippen molar-refractivity contribution in [1.29, 1.82) is 0 Å². The smallest absolute Gasteiger partial charge is 0.223 e. The highest BCUT2D eigenvalue weighted by molar-refractivity contribution is 6.24. The van der Waals surface area contributed by atoms with Gasteiger partial charge in [0, 0.05) is 11.1 Å². The van der Waals surface area contributed by atoms with Gasteiger partial charge in [0.1, 0.15) is 6.10 Å². The molecule has 2 heterocycles. The number of rotatable bonds is 2. The Hall–Kier alpha value is -1.78. The van der Waals surface area contributed by atoms with Gasteiger partial charge in [-0.15, -0.1) is 0 Å². The van der Waals surface area contributed by atoms with Crippen LogP contribution in [0.3, 0.4) is 0 Å². The Kier molecular flexibility index (Phi) is 2.39. The first kappa shape index (κ1) is 10.4. The first-order valence-electron chi connectivity index (χ1n) is 5.37. The van der Waals surface area contributed by atoms with E-state index in [-0.39, 0.29) is 11.9 Å². The molecule has 4 nitrogen and oxygen atoms in total. The quantitative estimate of drug-likeness (QED) is 0.716. The van der Waals surface area contributed by atoms with Crippen molar-refractivity contribution in [2.24, 2.45) is 0 Å². The highest BCUT2D eigenvalue weighted by Crippen LogP contribution is 2.30. The molecule has 2 atom stereocenters. The third-order valence-electron chi connectivity index (χ3n) is 2.92. The second kappa shape index (κ2) is 3.91. The summed E-state index contributed by atoms with van der Waals surface area (Å²) in [6.07, 6.45) is 1.49. The predicted octanol–water partition coefficient (Wildman–Crippen LogP) is 1.21. The summed E-state index contributed by atoms with van der Waals surface area (Å²) in [5.41, 5.74) is 1.68. The van der Waals surface area contributed by atoms with Gasteiger partial charge >= 0.3 is 0 Å². The predicted molar refractivity (Wildman–Crippen MR) is 59.4 cm³/mol. The fourth-order valence-electron chi connectivity index (χ4n) is 2.11. The second-order valence-corrected chi connectivity index (χ2v) is 3.99. The van der Waals surface area contributed by atoms with Crippen LogP contribution in [0.15, 0.2) is 30.3 Å². The van der Waals surface area contributed by atoms with Crippen molar-refractivity contribution < 1.29 is 19.1 Å². The molecule has 1 aromatic rings. The molecule has 2 bridgehead atoms. The van der Waals surface area contributed by atoms with Gasteiger partial charge in [0.15, 0.2) is 6.29 Å². The van der Waals surface area contributed by atoms with Crippen LogP contribution in [0, 0.1) is 0 Å². The van der Waals surface area contributed by atoms with Gasteiger partial charge in [-0.2, -0.15) is 0 Å². The minimum absolute atomic E-state index is 0.188. The number of ketones is 1. The van der Waals surface area contributed by atoms with E-state index in [4.69, 9.17) is 9.47 Å². The summed E-state index contributed by atoms with van der Waals surface area (Å²) in [6, 6.07) is 7.02. The average Bonchev–Trinajstić information content (AvgIpc) is 2.78. The van der Waals surface area contributed by atoms with Crippen LogP contribution in [-0.2, 0) is 14.3 Å². The van der Waals surface area contributed by atoms with E-state index in [1.165, 1.54) is 0 Å². The Morgan fingerprint density at radius 3 is 2.94 bits per heavy atom. The Balaban J connectivity index is 2.09. The zero-order valence-electron chi connectivity index (χ0n) is 8.96. The van der Waals surface area contributed by atoms with Gasteiger partial charge in [0.25, 0.3) is 0 Å². The molecule has 3 rings (SSSR count). The van der Waals surface area contributed by atoms with Gasteiger partial charge in [-0.25, -0.2) is 0 Å². The molecule has 1 saturated heterocycles. The normalized spacial score (nSPS) is 26.8. The first-order valence-corrected chi connectivity index (χ1v) is 5.37. The highest BCUT2D eigenvalue weighted by atomic mass is 16.7. The van der Waals surface area contributed by atoms with E-state index in [1.807, 2.05) is 0 Å². The van der Waals surface area contributed by atoms with Gasteiger partial charge < -0.3 is 9.47 Å². The zero-order chi connectivity index (χ0) is 11.8. The SMILES string of the molecule is O=Cc1ccccc1C1=C[C@H]2CO[C@H](O2)C1=O. The lowest BCUT2D eigenvalue weighted by Gasteiger charge is -2.18. The second-order valence-electron chi connectivity index (χ2n) is 3.99. The molecule has 0 unspecified atom stereocenters. The van der Waals surface area contributed by atoms with Crippen molar-refractivity contribution in [2.75, 3.05) is 6.61 Å². The lowest BCUT2D eigenvalue weighted by Crippen LogP contribution is -2.27. The van der Waals surface area contributed by atoms with Crippen molar-refractivity contribution >= 4 is 17.6 Å². The summed E-state index contributed by atoms with van der Waals surface area (Å²) in [7, 11) is 0. The Morgan fingerprint density at radius 1 is 1.29 bits per heavy atom. The Labute approximate surface area is 97.8 Å². The molecule has 2 aliphatic rings. The third kappa shape index (κ3) is 1.62. The number of hydrogen-bond acceptors (Lipinski definition) is 4. The fraction of sp³-hybridized carbons (Fsp3) is 0.231. The van der Waals surface area contributed by atoms with Crippen LogP contribution in [0.4, 0.5) is 0 Å². The molecule has 0 aromatic heterocycles. The van der Waals surface area contributed by atoms with Gasteiger partial charge in [0.2, 0.25) is 12.1 Å². The standard InChI is InChI=1S/C13H10O4/c14-6-8-3-1-2-4-10(8)11-5-9-7-16-13(17-9)12(11)15/h1-6,9,13H,7H2/t9-,13+/m0/s1. The molecule has 0 spiro atoms. The number of carbonyl (C=O) groups excluding carboxylic acids is 2. The number of ether oxygens (including phenoxy) is 2. The van der Waals surface area contributed by atoms with Crippen molar-refractivity contribution in [1.82, 2.24) is 0 Å². The van der Waals surface area contributed by atoms with E-state index in [9.17, 15) is 9.59 Å². The van der Waals surface area contributed by atoms with Crippen LogP contribution >= 0.6 is 0 Å². The molecule has 0 saturated carbocycles. The number of aldehydes is 1. The molecular formula is C13H10O4. The van der Waals surface area contributed by atoms with E-state index < -0.39 is 6.29 Å². The number of carbonyl (C=O) groups is 2. The molecule has 4 heteroatoms. The average molecular weight is 230 g/mol. The Morgan fingerprint density at radius 2 is 2.12 bits per heavy atom. The highest BCUT2D eigenvalue weighted by Gasteiger charge is 2.38. The molecule has 86 valence electrons. The topological polar surface area (TPSA) is 52.6 Å². The molecular weight excluding hydrogens is 220 g/mol. The van der Waals surface area contributed by atoms with E-state index in [1.54, 1.807) is 30.3 Å². The molecule has 0 aliphatic carbocycles. The molecule has 0 N–H and O–H groups in total. The third-order valence-corrected chi connectivity index (χ3v) is 2.92. The Bertz CT molecular complexity index is 518. The lowest BCUT2D eigenvalue weighted by molar-refractivity contribution is -0.140. The van der Waals surface area contributed by atoms with Gasteiger partial charge in [0.05, 0.1) is 6.61 Å². The minimum Gasteiger partial charge on any atom is -0.343 e.